The molecule has 0 N–H and O–H groups in total. The molecule has 0 fully saturated rings. The largest absolute Gasteiger partial charge is 0.332 e. The normalized spacial score (nSPS) is 11.5. The lowest BCUT2D eigenvalue weighted by Gasteiger charge is -2.00. The highest BCUT2D eigenvalue weighted by atomic mass is 32.2. The molecule has 0 bridgehead atoms. The van der Waals surface area contributed by atoms with Crippen LogP contribution in [0, 0.1) is 6.42 Å². The second-order valence-corrected chi connectivity index (χ2v) is 3.78. The summed E-state index contributed by atoms with van der Waals surface area (Å²) in [6.07, 6.45) is 3.05. The van der Waals surface area contributed by atoms with Crippen LogP contribution in [0.15, 0.2) is 17.4 Å². The van der Waals surface area contributed by atoms with Crippen molar-refractivity contribution in [1.82, 2.24) is 9.97 Å². The summed E-state index contributed by atoms with van der Waals surface area (Å²) >= 11 is 0. The summed E-state index contributed by atoms with van der Waals surface area (Å²) < 4.78 is 26.5. The first-order chi connectivity index (χ1) is 6.10. The lowest BCUT2D eigenvalue weighted by molar-refractivity contribution is 0.391. The van der Waals surface area contributed by atoms with Crippen molar-refractivity contribution in [3.63, 3.8) is 0 Å². The van der Waals surface area contributed by atoms with Crippen molar-refractivity contribution in [2.75, 3.05) is 7.11 Å². The minimum Gasteiger partial charge on any atom is -0.267 e. The Morgan fingerprint density at radius 2 is 2.23 bits per heavy atom. The summed E-state index contributed by atoms with van der Waals surface area (Å²) in [6, 6.07) is 1.61. The highest BCUT2D eigenvalue weighted by Crippen LogP contribution is 2.06. The fraction of sp³-hybridized carbons (Fsp3) is 0.286. The fourth-order valence-electron chi connectivity index (χ4n) is 0.710. The first-order valence-corrected chi connectivity index (χ1v) is 4.94. The molecular weight excluding hydrogens is 192 g/mol. The van der Waals surface area contributed by atoms with Crippen molar-refractivity contribution in [1.29, 1.82) is 0 Å². The zero-order valence-corrected chi connectivity index (χ0v) is 8.08. The van der Waals surface area contributed by atoms with Crippen molar-refractivity contribution >= 4 is 10.1 Å². The third kappa shape index (κ3) is 2.22. The second kappa shape index (κ2) is 3.80. The number of aromatic nitrogens is 2. The van der Waals surface area contributed by atoms with Gasteiger partial charge in [0, 0.05) is 18.3 Å². The van der Waals surface area contributed by atoms with E-state index in [1.807, 2.05) is 0 Å². The Labute approximate surface area is 76.9 Å². The molecule has 5 nitrogen and oxygen atoms in total. The molecule has 0 saturated heterocycles. The molecule has 1 rings (SSSR count). The van der Waals surface area contributed by atoms with Crippen LogP contribution in [0.4, 0.5) is 0 Å². The first kappa shape index (κ1) is 10.1. The lowest BCUT2D eigenvalue weighted by atomic mass is 10.3. The van der Waals surface area contributed by atoms with Gasteiger partial charge in [-0.15, -0.1) is 0 Å². The first-order valence-electron chi connectivity index (χ1n) is 3.53. The molecule has 0 saturated carbocycles. The van der Waals surface area contributed by atoms with E-state index in [0.717, 1.165) is 7.11 Å². The quantitative estimate of drug-likeness (QED) is 0.522. The molecule has 1 heterocycles. The van der Waals surface area contributed by atoms with Gasteiger partial charge in [0.05, 0.1) is 7.11 Å². The molecular formula is C7H9N2O3S. The Balaban J connectivity index is 3.17. The SMILES string of the molecule is C[CH]c1ccnc(S(=O)(=O)OC)n1. The van der Waals surface area contributed by atoms with E-state index in [1.165, 1.54) is 6.20 Å². The molecule has 0 unspecified atom stereocenters. The molecule has 0 spiro atoms. The summed E-state index contributed by atoms with van der Waals surface area (Å²) in [5.74, 6) is 0. The van der Waals surface area contributed by atoms with Gasteiger partial charge in [-0.25, -0.2) is 9.97 Å². The number of rotatable bonds is 3. The van der Waals surface area contributed by atoms with E-state index in [9.17, 15) is 8.42 Å². The van der Waals surface area contributed by atoms with Gasteiger partial charge in [0.2, 0.25) is 0 Å². The highest BCUT2D eigenvalue weighted by Gasteiger charge is 2.16. The average Bonchev–Trinajstić information content (AvgIpc) is 2.18. The monoisotopic (exact) mass is 201 g/mol. The maximum absolute atomic E-state index is 11.1. The van der Waals surface area contributed by atoms with E-state index in [2.05, 4.69) is 14.2 Å². The minimum atomic E-state index is -3.77. The van der Waals surface area contributed by atoms with E-state index in [0.29, 0.717) is 5.69 Å². The van der Waals surface area contributed by atoms with Crippen LogP contribution in [0.2, 0.25) is 0 Å². The summed E-state index contributed by atoms with van der Waals surface area (Å²) in [6.45, 7) is 1.76. The van der Waals surface area contributed by atoms with Crippen molar-refractivity contribution in [3.8, 4) is 0 Å². The van der Waals surface area contributed by atoms with Gasteiger partial charge in [-0.3, -0.25) is 4.18 Å². The number of nitrogens with zero attached hydrogens (tertiary/aromatic N) is 2. The summed E-state index contributed by atoms with van der Waals surface area (Å²) in [5.41, 5.74) is 0.547. The smallest absolute Gasteiger partial charge is 0.267 e. The fourth-order valence-corrected chi connectivity index (χ4v) is 1.27. The molecule has 6 heteroatoms. The van der Waals surface area contributed by atoms with E-state index < -0.39 is 10.1 Å². The maximum atomic E-state index is 11.1. The Morgan fingerprint density at radius 3 is 2.77 bits per heavy atom. The standard InChI is InChI=1S/C7H9N2O3S/c1-3-6-4-5-8-7(9-6)13(10,11)12-2/h3-5H,1-2H3. The molecule has 1 radical (unpaired) electrons. The molecule has 1 aromatic heterocycles. The van der Waals surface area contributed by atoms with E-state index >= 15 is 0 Å². The highest BCUT2D eigenvalue weighted by molar-refractivity contribution is 7.86. The van der Waals surface area contributed by atoms with Crippen LogP contribution < -0.4 is 0 Å². The van der Waals surface area contributed by atoms with Gasteiger partial charge in [0.1, 0.15) is 0 Å². The maximum Gasteiger partial charge on any atom is 0.332 e. The summed E-state index contributed by atoms with van der Waals surface area (Å²) in [4.78, 5) is 7.34. The van der Waals surface area contributed by atoms with E-state index in [1.54, 1.807) is 19.4 Å². The van der Waals surface area contributed by atoms with Crippen LogP contribution in [0.5, 0.6) is 0 Å². The predicted octanol–water partition coefficient (Wildman–Crippen LogP) is 0.384. The lowest BCUT2D eigenvalue weighted by Crippen LogP contribution is -2.08. The van der Waals surface area contributed by atoms with Crippen molar-refractivity contribution in [3.05, 3.63) is 24.4 Å². The molecule has 0 aliphatic heterocycles. The average molecular weight is 201 g/mol. The number of hydrogen-bond donors (Lipinski definition) is 0. The van der Waals surface area contributed by atoms with Crippen molar-refractivity contribution in [2.24, 2.45) is 0 Å². The third-order valence-corrected chi connectivity index (χ3v) is 2.48. The van der Waals surface area contributed by atoms with Crippen LogP contribution in [-0.2, 0) is 14.3 Å². The van der Waals surface area contributed by atoms with Crippen molar-refractivity contribution in [2.45, 2.75) is 12.1 Å². The molecule has 0 amide bonds. The Kier molecular flexibility index (Phi) is 2.94. The Hall–Kier alpha value is -1.01. The molecule has 0 atom stereocenters. The van der Waals surface area contributed by atoms with E-state index in [-0.39, 0.29) is 5.16 Å². The second-order valence-electron chi connectivity index (χ2n) is 2.17. The van der Waals surface area contributed by atoms with Gasteiger partial charge in [-0.05, 0) is 6.07 Å². The zero-order chi connectivity index (χ0) is 9.90. The zero-order valence-electron chi connectivity index (χ0n) is 7.26. The Bertz CT molecular complexity index is 388. The van der Waals surface area contributed by atoms with Crippen LogP contribution in [0.25, 0.3) is 0 Å². The molecule has 13 heavy (non-hydrogen) atoms. The Morgan fingerprint density at radius 1 is 1.54 bits per heavy atom. The summed E-state index contributed by atoms with van der Waals surface area (Å²) in [5, 5.41) is -0.314. The van der Waals surface area contributed by atoms with Gasteiger partial charge in [-0.2, -0.15) is 8.42 Å². The van der Waals surface area contributed by atoms with Crippen molar-refractivity contribution < 1.29 is 12.6 Å². The van der Waals surface area contributed by atoms with Crippen LogP contribution in [0.1, 0.15) is 12.6 Å². The topological polar surface area (TPSA) is 69.2 Å². The van der Waals surface area contributed by atoms with Gasteiger partial charge < -0.3 is 0 Å². The van der Waals surface area contributed by atoms with Gasteiger partial charge in [0.15, 0.2) is 0 Å². The van der Waals surface area contributed by atoms with Crippen LogP contribution >= 0.6 is 0 Å². The molecule has 1 aromatic rings. The van der Waals surface area contributed by atoms with Gasteiger partial charge in [0.25, 0.3) is 5.16 Å². The molecule has 0 aromatic carbocycles. The number of hydrogen-bond acceptors (Lipinski definition) is 5. The third-order valence-electron chi connectivity index (χ3n) is 1.39. The molecule has 0 aliphatic rings. The summed E-state index contributed by atoms with van der Waals surface area (Å²) in [7, 11) is -2.70. The molecule has 0 aliphatic carbocycles. The van der Waals surface area contributed by atoms with Gasteiger partial charge in [-0.1, -0.05) is 6.92 Å². The molecule has 71 valence electrons. The van der Waals surface area contributed by atoms with E-state index in [4.69, 9.17) is 0 Å². The van der Waals surface area contributed by atoms with Crippen LogP contribution in [-0.4, -0.2) is 25.5 Å². The predicted molar refractivity (Wildman–Crippen MR) is 45.3 cm³/mol. The van der Waals surface area contributed by atoms with Gasteiger partial charge >= 0.3 is 10.1 Å². The minimum absolute atomic E-state index is 0.314. The van der Waals surface area contributed by atoms with Crippen LogP contribution in [0.3, 0.4) is 0 Å².